The molecule has 1 N–H and O–H groups in total. The van der Waals surface area contributed by atoms with Gasteiger partial charge in [-0.3, -0.25) is 15.0 Å². The smallest absolute Gasteiger partial charge is 0.283 e. The minimum absolute atomic E-state index is 0.00238. The molecule has 1 heterocycles. The summed E-state index contributed by atoms with van der Waals surface area (Å²) in [6.07, 6.45) is 1.41. The van der Waals surface area contributed by atoms with Gasteiger partial charge in [0.15, 0.2) is 5.82 Å². The summed E-state index contributed by atoms with van der Waals surface area (Å²) in [4.78, 5) is 29.7. The molecule has 1 aliphatic carbocycles. The van der Waals surface area contributed by atoms with Gasteiger partial charge in [0.1, 0.15) is 10.7 Å². The Bertz CT molecular complexity index is 1280. The van der Waals surface area contributed by atoms with E-state index in [1.807, 2.05) is 0 Å². The molecule has 0 fully saturated rings. The molecule has 2 aromatic carbocycles. The van der Waals surface area contributed by atoms with Gasteiger partial charge in [-0.25, -0.2) is 4.98 Å². The van der Waals surface area contributed by atoms with Crippen molar-refractivity contribution < 1.29 is 18.0 Å². The van der Waals surface area contributed by atoms with Gasteiger partial charge in [-0.05, 0) is 24.3 Å². The zero-order chi connectivity index (χ0) is 21.3. The highest BCUT2D eigenvalue weighted by molar-refractivity contribution is 7.92. The van der Waals surface area contributed by atoms with Crippen LogP contribution in [0.25, 0.3) is 0 Å². The van der Waals surface area contributed by atoms with Crippen LogP contribution in [-0.4, -0.2) is 25.0 Å². The fraction of sp³-hybridized carbons (Fsp3) is 0. The first kappa shape index (κ1) is 19.8. The number of carbonyl (C=O) groups is 2. The van der Waals surface area contributed by atoms with Crippen molar-refractivity contribution in [3.63, 3.8) is 0 Å². The minimum atomic E-state index is -4.19. The second kappa shape index (κ2) is 7.74. The number of nitrogens with one attached hydrogen (secondary N) is 1. The van der Waals surface area contributed by atoms with E-state index in [4.69, 9.17) is 11.6 Å². The van der Waals surface area contributed by atoms with Crippen LogP contribution in [-0.2, 0) is 10.0 Å². The number of fused-ring (bicyclic) bond motifs is 1. The summed E-state index contributed by atoms with van der Waals surface area (Å²) in [7, 11) is -4.19. The Labute approximate surface area is 177 Å². The van der Waals surface area contributed by atoms with Gasteiger partial charge in [0.25, 0.3) is 10.0 Å². The summed E-state index contributed by atoms with van der Waals surface area (Å²) in [6, 6.07) is 18.5. The number of hydrogen-bond acceptors (Lipinski definition) is 6. The predicted octanol–water partition coefficient (Wildman–Crippen LogP) is 3.31. The number of sulfonamides is 1. The maximum absolute atomic E-state index is 13.3. The molecule has 0 spiro atoms. The van der Waals surface area contributed by atoms with Crippen molar-refractivity contribution in [1.29, 1.82) is 0 Å². The van der Waals surface area contributed by atoms with E-state index < -0.39 is 26.6 Å². The minimum Gasteiger partial charge on any atom is -0.287 e. The number of Topliss-reactive ketones (excluding diaryl/α,β-unsaturated/α-hetero) is 2. The van der Waals surface area contributed by atoms with Crippen molar-refractivity contribution in [2.24, 2.45) is 0 Å². The van der Waals surface area contributed by atoms with Crippen molar-refractivity contribution in [3.8, 4) is 0 Å². The van der Waals surface area contributed by atoms with Crippen LogP contribution >= 0.6 is 11.6 Å². The molecular weight excluding hydrogens is 426 g/mol. The molecule has 0 atom stereocenters. The molecule has 7 nitrogen and oxygen atoms in total. The molecule has 0 saturated carbocycles. The SMILES string of the molecule is O=C1C(Cl)=C(NN(c2ccccn2)S(=O)(=O)c2ccccc2)C(=O)c2ccccc21. The fourth-order valence-electron chi connectivity index (χ4n) is 2.96. The van der Waals surface area contributed by atoms with Crippen molar-refractivity contribution in [1.82, 2.24) is 10.4 Å². The van der Waals surface area contributed by atoms with Crippen LogP contribution in [0, 0.1) is 0 Å². The normalized spacial score (nSPS) is 13.8. The van der Waals surface area contributed by atoms with Crippen molar-refractivity contribution in [2.45, 2.75) is 4.90 Å². The number of benzene rings is 2. The van der Waals surface area contributed by atoms with Crippen LogP contribution in [0.1, 0.15) is 20.7 Å². The number of ketones is 2. The maximum atomic E-state index is 13.3. The fourth-order valence-corrected chi connectivity index (χ4v) is 4.47. The van der Waals surface area contributed by atoms with E-state index in [1.54, 1.807) is 42.5 Å². The molecule has 0 aliphatic heterocycles. The Morgan fingerprint density at radius 1 is 0.800 bits per heavy atom. The third-order valence-corrected chi connectivity index (χ3v) is 6.40. The van der Waals surface area contributed by atoms with E-state index in [1.165, 1.54) is 36.5 Å². The first-order valence-electron chi connectivity index (χ1n) is 8.77. The molecule has 30 heavy (non-hydrogen) atoms. The monoisotopic (exact) mass is 439 g/mol. The van der Waals surface area contributed by atoms with E-state index in [0.717, 1.165) is 4.41 Å². The molecule has 0 unspecified atom stereocenters. The molecule has 0 bridgehead atoms. The predicted molar refractivity (Wildman–Crippen MR) is 111 cm³/mol. The van der Waals surface area contributed by atoms with Crippen molar-refractivity contribution in [3.05, 3.63) is 101 Å². The molecule has 4 rings (SSSR count). The van der Waals surface area contributed by atoms with Crippen LogP contribution in [0.2, 0.25) is 0 Å². The van der Waals surface area contributed by atoms with Gasteiger partial charge in [-0.1, -0.05) is 60.1 Å². The number of anilines is 1. The summed E-state index contributed by atoms with van der Waals surface area (Å²) in [6.45, 7) is 0. The van der Waals surface area contributed by atoms with E-state index in [9.17, 15) is 18.0 Å². The molecule has 1 aliphatic rings. The lowest BCUT2D eigenvalue weighted by molar-refractivity contribution is 0.0975. The van der Waals surface area contributed by atoms with E-state index >= 15 is 0 Å². The van der Waals surface area contributed by atoms with Crippen LogP contribution in [0.3, 0.4) is 0 Å². The number of allylic oxidation sites excluding steroid dienone is 2. The van der Waals surface area contributed by atoms with Gasteiger partial charge in [-0.15, -0.1) is 0 Å². The van der Waals surface area contributed by atoms with Gasteiger partial charge in [0, 0.05) is 17.3 Å². The molecule has 0 amide bonds. The molecule has 0 saturated heterocycles. The standard InChI is InChI=1S/C21H14ClN3O4S/c22-18-19(21(27)16-11-5-4-10-15(16)20(18)26)24-25(17-12-6-7-13-23-17)30(28,29)14-8-2-1-3-9-14/h1-13,24H. The third-order valence-electron chi connectivity index (χ3n) is 4.41. The lowest BCUT2D eigenvalue weighted by Crippen LogP contribution is -2.46. The zero-order valence-electron chi connectivity index (χ0n) is 15.3. The molecule has 3 aromatic rings. The summed E-state index contributed by atoms with van der Waals surface area (Å²) >= 11 is 6.19. The molecular formula is C21H14ClN3O4S. The molecule has 150 valence electrons. The first-order valence-corrected chi connectivity index (χ1v) is 10.6. The van der Waals surface area contributed by atoms with Crippen molar-refractivity contribution in [2.75, 3.05) is 4.41 Å². The topological polar surface area (TPSA) is 96.4 Å². The van der Waals surface area contributed by atoms with Crippen LogP contribution in [0.15, 0.2) is 94.6 Å². The number of pyridine rings is 1. The highest BCUT2D eigenvalue weighted by Crippen LogP contribution is 2.29. The number of aromatic nitrogens is 1. The largest absolute Gasteiger partial charge is 0.287 e. The van der Waals surface area contributed by atoms with E-state index in [-0.39, 0.29) is 27.5 Å². The number of hydrazine groups is 1. The van der Waals surface area contributed by atoms with Crippen LogP contribution < -0.4 is 9.84 Å². The first-order chi connectivity index (χ1) is 14.4. The number of rotatable bonds is 5. The Morgan fingerprint density at radius 2 is 1.40 bits per heavy atom. The second-order valence-corrected chi connectivity index (χ2v) is 8.44. The molecule has 0 radical (unpaired) electrons. The lowest BCUT2D eigenvalue weighted by atomic mass is 9.93. The average molecular weight is 440 g/mol. The third kappa shape index (κ3) is 3.36. The Kier molecular flexibility index (Phi) is 5.11. The Morgan fingerprint density at radius 3 is 2.03 bits per heavy atom. The van der Waals surface area contributed by atoms with Gasteiger partial charge >= 0.3 is 0 Å². The van der Waals surface area contributed by atoms with Gasteiger partial charge in [-0.2, -0.15) is 12.8 Å². The number of carbonyl (C=O) groups excluding carboxylic acids is 2. The van der Waals surface area contributed by atoms with Crippen molar-refractivity contribution >= 4 is 39.0 Å². The van der Waals surface area contributed by atoms with E-state index in [2.05, 4.69) is 10.4 Å². The highest BCUT2D eigenvalue weighted by Gasteiger charge is 2.35. The molecule has 1 aromatic heterocycles. The Balaban J connectivity index is 1.83. The summed E-state index contributed by atoms with van der Waals surface area (Å²) < 4.78 is 27.4. The highest BCUT2D eigenvalue weighted by atomic mass is 35.5. The second-order valence-electron chi connectivity index (χ2n) is 6.28. The van der Waals surface area contributed by atoms with Gasteiger partial charge < -0.3 is 0 Å². The quantitative estimate of drug-likeness (QED) is 0.612. The zero-order valence-corrected chi connectivity index (χ0v) is 16.9. The maximum Gasteiger partial charge on any atom is 0.283 e. The summed E-state index contributed by atoms with van der Waals surface area (Å²) in [5, 5.41) is -0.400. The van der Waals surface area contributed by atoms with Crippen LogP contribution in [0.5, 0.6) is 0 Å². The number of hydrogen-bond donors (Lipinski definition) is 1. The van der Waals surface area contributed by atoms with Gasteiger partial charge in [0.2, 0.25) is 11.6 Å². The van der Waals surface area contributed by atoms with E-state index in [0.29, 0.717) is 0 Å². The summed E-state index contributed by atoms with van der Waals surface area (Å²) in [5.74, 6) is -1.18. The summed E-state index contributed by atoms with van der Waals surface area (Å²) in [5.41, 5.74) is 2.49. The lowest BCUT2D eigenvalue weighted by Gasteiger charge is -2.27. The average Bonchev–Trinajstić information content (AvgIpc) is 2.78. The number of halogens is 1. The number of nitrogens with zero attached hydrogens (tertiary/aromatic N) is 2. The Hall–Kier alpha value is -3.49. The molecule has 9 heteroatoms. The van der Waals surface area contributed by atoms with Gasteiger partial charge in [0.05, 0.1) is 4.90 Å². The van der Waals surface area contributed by atoms with Crippen LogP contribution in [0.4, 0.5) is 5.82 Å².